The highest BCUT2D eigenvalue weighted by molar-refractivity contribution is 9.08. The van der Waals surface area contributed by atoms with Crippen LogP contribution in [0.1, 0.15) is 5.56 Å². The van der Waals surface area contributed by atoms with Crippen molar-refractivity contribution in [3.63, 3.8) is 0 Å². The fraction of sp³-hybridized carbons (Fsp3) is 0.222. The van der Waals surface area contributed by atoms with Gasteiger partial charge in [0.05, 0.1) is 21.3 Å². The molecule has 22 heavy (non-hydrogen) atoms. The number of fused-ring (bicyclic) bond motifs is 3. The van der Waals surface area contributed by atoms with Gasteiger partial charge in [-0.05, 0) is 57.4 Å². The van der Waals surface area contributed by atoms with E-state index in [4.69, 9.17) is 14.2 Å². The average molecular weight is 361 g/mol. The minimum Gasteiger partial charge on any atom is -0.497 e. The lowest BCUT2D eigenvalue weighted by Gasteiger charge is -2.14. The molecule has 0 bridgehead atoms. The zero-order valence-corrected chi connectivity index (χ0v) is 14.4. The van der Waals surface area contributed by atoms with Gasteiger partial charge in [-0.15, -0.1) is 0 Å². The Morgan fingerprint density at radius 2 is 1.50 bits per heavy atom. The van der Waals surface area contributed by atoms with E-state index in [1.807, 2.05) is 18.2 Å². The Morgan fingerprint density at radius 1 is 0.773 bits per heavy atom. The molecule has 0 fully saturated rings. The molecule has 3 nitrogen and oxygen atoms in total. The van der Waals surface area contributed by atoms with Gasteiger partial charge in [0.15, 0.2) is 11.5 Å². The summed E-state index contributed by atoms with van der Waals surface area (Å²) in [5.41, 5.74) is 1.23. The van der Waals surface area contributed by atoms with E-state index in [1.54, 1.807) is 21.3 Å². The van der Waals surface area contributed by atoms with E-state index in [0.717, 1.165) is 38.7 Å². The molecule has 3 aromatic carbocycles. The molecule has 0 saturated heterocycles. The SMILES string of the molecule is COc1ccc2c(CBr)cc3cc(OC)c(OC)cc3c2c1. The Labute approximate surface area is 137 Å². The van der Waals surface area contributed by atoms with Gasteiger partial charge in [0.1, 0.15) is 5.75 Å². The fourth-order valence-corrected chi connectivity index (χ4v) is 3.24. The molecule has 0 radical (unpaired) electrons. The number of alkyl halides is 1. The molecule has 114 valence electrons. The van der Waals surface area contributed by atoms with Crippen LogP contribution in [0.4, 0.5) is 0 Å². The zero-order chi connectivity index (χ0) is 15.7. The quantitative estimate of drug-likeness (QED) is 0.488. The summed E-state index contributed by atoms with van der Waals surface area (Å²) in [6.45, 7) is 0. The van der Waals surface area contributed by atoms with E-state index < -0.39 is 0 Å². The molecule has 4 heteroatoms. The second kappa shape index (κ2) is 6.05. The number of benzene rings is 3. The van der Waals surface area contributed by atoms with Crippen LogP contribution in [0.2, 0.25) is 0 Å². The van der Waals surface area contributed by atoms with Crippen molar-refractivity contribution in [2.45, 2.75) is 5.33 Å². The molecule has 0 amide bonds. The standard InChI is InChI=1S/C18H17BrO3/c1-20-13-4-5-14-12(10-19)6-11-7-17(21-2)18(22-3)9-15(11)16(14)8-13/h4-9H,10H2,1-3H3. The highest BCUT2D eigenvalue weighted by Crippen LogP contribution is 2.38. The third-order valence-electron chi connectivity index (χ3n) is 3.89. The molecular formula is C18H17BrO3. The van der Waals surface area contributed by atoms with Crippen LogP contribution < -0.4 is 14.2 Å². The first-order valence-corrected chi connectivity index (χ1v) is 8.05. The molecular weight excluding hydrogens is 344 g/mol. The molecule has 0 aliphatic heterocycles. The largest absolute Gasteiger partial charge is 0.497 e. The Hall–Kier alpha value is -1.94. The number of halogens is 1. The third-order valence-corrected chi connectivity index (χ3v) is 4.50. The molecule has 0 unspecified atom stereocenters. The van der Waals surface area contributed by atoms with Crippen molar-refractivity contribution in [2.75, 3.05) is 21.3 Å². The van der Waals surface area contributed by atoms with E-state index in [1.165, 1.54) is 10.9 Å². The predicted molar refractivity (Wildman–Crippen MR) is 93.7 cm³/mol. The van der Waals surface area contributed by atoms with E-state index in [2.05, 4.69) is 34.1 Å². The number of ether oxygens (including phenoxy) is 3. The minimum absolute atomic E-state index is 0.728. The van der Waals surface area contributed by atoms with Gasteiger partial charge in [-0.25, -0.2) is 0 Å². The lowest BCUT2D eigenvalue weighted by Crippen LogP contribution is -1.93. The molecule has 3 aromatic rings. The second-order valence-corrected chi connectivity index (χ2v) is 5.57. The van der Waals surface area contributed by atoms with Crippen molar-refractivity contribution in [3.05, 3.63) is 42.0 Å². The molecule has 0 aromatic heterocycles. The van der Waals surface area contributed by atoms with Gasteiger partial charge in [-0.3, -0.25) is 0 Å². The van der Waals surface area contributed by atoms with Crippen molar-refractivity contribution in [1.29, 1.82) is 0 Å². The highest BCUT2D eigenvalue weighted by Gasteiger charge is 2.12. The van der Waals surface area contributed by atoms with Crippen molar-refractivity contribution >= 4 is 37.5 Å². The Balaban J connectivity index is 2.45. The monoisotopic (exact) mass is 360 g/mol. The molecule has 0 saturated carbocycles. The number of methoxy groups -OCH3 is 3. The fourth-order valence-electron chi connectivity index (χ4n) is 2.78. The summed E-state index contributed by atoms with van der Waals surface area (Å²) in [5.74, 6) is 2.30. The molecule has 0 spiro atoms. The summed E-state index contributed by atoms with van der Waals surface area (Å²) in [7, 11) is 4.99. The smallest absolute Gasteiger partial charge is 0.161 e. The van der Waals surface area contributed by atoms with Crippen LogP contribution in [-0.4, -0.2) is 21.3 Å². The number of rotatable bonds is 4. The number of hydrogen-bond donors (Lipinski definition) is 0. The van der Waals surface area contributed by atoms with Gasteiger partial charge in [0.25, 0.3) is 0 Å². The lowest BCUT2D eigenvalue weighted by molar-refractivity contribution is 0.356. The number of hydrogen-bond acceptors (Lipinski definition) is 3. The lowest BCUT2D eigenvalue weighted by atomic mass is 9.97. The normalized spacial score (nSPS) is 10.9. The molecule has 0 aliphatic carbocycles. The predicted octanol–water partition coefficient (Wildman–Crippen LogP) is 4.91. The van der Waals surface area contributed by atoms with Crippen molar-refractivity contribution < 1.29 is 14.2 Å². The highest BCUT2D eigenvalue weighted by atomic mass is 79.9. The summed E-state index contributed by atoms with van der Waals surface area (Å²) < 4.78 is 16.2. The van der Waals surface area contributed by atoms with E-state index in [9.17, 15) is 0 Å². The van der Waals surface area contributed by atoms with Crippen LogP contribution in [0.5, 0.6) is 17.2 Å². The van der Waals surface area contributed by atoms with Crippen molar-refractivity contribution in [3.8, 4) is 17.2 Å². The van der Waals surface area contributed by atoms with Crippen LogP contribution >= 0.6 is 15.9 Å². The first-order valence-electron chi connectivity index (χ1n) is 6.93. The Morgan fingerprint density at radius 3 is 2.14 bits per heavy atom. The summed E-state index contributed by atoms with van der Waals surface area (Å²) >= 11 is 3.58. The van der Waals surface area contributed by atoms with E-state index in [0.29, 0.717) is 0 Å². The van der Waals surface area contributed by atoms with Crippen molar-refractivity contribution in [2.24, 2.45) is 0 Å². The minimum atomic E-state index is 0.728. The van der Waals surface area contributed by atoms with Crippen molar-refractivity contribution in [1.82, 2.24) is 0 Å². The van der Waals surface area contributed by atoms with Gasteiger partial charge in [-0.1, -0.05) is 22.0 Å². The van der Waals surface area contributed by atoms with Gasteiger partial charge < -0.3 is 14.2 Å². The molecule has 0 heterocycles. The summed E-state index contributed by atoms with van der Waals surface area (Å²) in [5, 5.41) is 5.38. The zero-order valence-electron chi connectivity index (χ0n) is 12.8. The van der Waals surface area contributed by atoms with Gasteiger partial charge in [0, 0.05) is 5.33 Å². The van der Waals surface area contributed by atoms with Gasteiger partial charge in [0.2, 0.25) is 0 Å². The Bertz CT molecular complexity index is 843. The maximum Gasteiger partial charge on any atom is 0.161 e. The van der Waals surface area contributed by atoms with Crippen LogP contribution in [0.25, 0.3) is 21.5 Å². The van der Waals surface area contributed by atoms with E-state index in [-0.39, 0.29) is 0 Å². The molecule has 3 rings (SSSR count). The maximum absolute atomic E-state index is 5.44. The van der Waals surface area contributed by atoms with E-state index >= 15 is 0 Å². The topological polar surface area (TPSA) is 27.7 Å². The molecule has 0 aliphatic rings. The molecule has 0 N–H and O–H groups in total. The van der Waals surface area contributed by atoms with Gasteiger partial charge >= 0.3 is 0 Å². The van der Waals surface area contributed by atoms with Crippen LogP contribution in [0, 0.1) is 0 Å². The van der Waals surface area contributed by atoms with Crippen LogP contribution in [0.15, 0.2) is 36.4 Å². The summed E-state index contributed by atoms with van der Waals surface area (Å²) in [6.07, 6.45) is 0. The Kier molecular flexibility index (Phi) is 4.12. The average Bonchev–Trinajstić information content (AvgIpc) is 2.59. The summed E-state index contributed by atoms with van der Waals surface area (Å²) in [4.78, 5) is 0. The summed E-state index contributed by atoms with van der Waals surface area (Å²) in [6, 6.07) is 12.4. The van der Waals surface area contributed by atoms with Gasteiger partial charge in [-0.2, -0.15) is 0 Å². The first kappa shape index (κ1) is 15.0. The maximum atomic E-state index is 5.44. The van der Waals surface area contributed by atoms with Crippen LogP contribution in [0.3, 0.4) is 0 Å². The molecule has 0 atom stereocenters. The van der Waals surface area contributed by atoms with Crippen LogP contribution in [-0.2, 0) is 5.33 Å². The third kappa shape index (κ3) is 2.37. The second-order valence-electron chi connectivity index (χ2n) is 5.01. The first-order chi connectivity index (χ1) is 10.7.